The molecule has 1 saturated carbocycles. The molecule has 2 atom stereocenters. The maximum Gasteiger partial charge on any atom is -0.0386 e. The topological polar surface area (TPSA) is 0 Å². The minimum Gasteiger partial charge on any atom is -0.0651 e. The van der Waals surface area contributed by atoms with Gasteiger partial charge in [-0.15, -0.1) is 0 Å². The zero-order valence-corrected chi connectivity index (χ0v) is 9.68. The van der Waals surface area contributed by atoms with Gasteiger partial charge in [-0.25, -0.2) is 0 Å². The summed E-state index contributed by atoms with van der Waals surface area (Å²) in [5.41, 5.74) is 0. The fraction of sp³-hybridized carbons (Fsp3) is 1.00. The third kappa shape index (κ3) is 3.32. The summed E-state index contributed by atoms with van der Waals surface area (Å²) in [6, 6.07) is 0. The van der Waals surface area contributed by atoms with Crippen molar-refractivity contribution in [1.29, 1.82) is 0 Å². The van der Waals surface area contributed by atoms with Gasteiger partial charge in [0.25, 0.3) is 0 Å². The highest BCUT2D eigenvalue weighted by molar-refractivity contribution is 4.75. The van der Waals surface area contributed by atoms with Crippen LogP contribution in [0.1, 0.15) is 65.7 Å². The van der Waals surface area contributed by atoms with Crippen LogP contribution in [0, 0.1) is 17.8 Å². The van der Waals surface area contributed by atoms with Gasteiger partial charge in [0.2, 0.25) is 0 Å². The fourth-order valence-electron chi connectivity index (χ4n) is 2.80. The molecule has 0 amide bonds. The van der Waals surface area contributed by atoms with Crippen molar-refractivity contribution >= 4 is 0 Å². The molecule has 13 heavy (non-hydrogen) atoms. The molecular weight excluding hydrogens is 156 g/mol. The summed E-state index contributed by atoms with van der Waals surface area (Å²) in [6.07, 6.45) is 10.3. The van der Waals surface area contributed by atoms with Crippen LogP contribution in [-0.4, -0.2) is 0 Å². The first kappa shape index (κ1) is 11.1. The fourth-order valence-corrected chi connectivity index (χ4v) is 2.80. The zero-order chi connectivity index (χ0) is 9.68. The van der Waals surface area contributed by atoms with Gasteiger partial charge in [0.15, 0.2) is 0 Å². The van der Waals surface area contributed by atoms with Crippen molar-refractivity contribution < 1.29 is 0 Å². The monoisotopic (exact) mass is 182 g/mol. The predicted molar refractivity (Wildman–Crippen MR) is 59.8 cm³/mol. The molecule has 78 valence electrons. The van der Waals surface area contributed by atoms with Gasteiger partial charge in [0, 0.05) is 0 Å². The lowest BCUT2D eigenvalue weighted by atomic mass is 9.81. The van der Waals surface area contributed by atoms with Crippen LogP contribution in [0.15, 0.2) is 0 Å². The maximum absolute atomic E-state index is 2.41. The van der Waals surface area contributed by atoms with Crippen LogP contribution >= 0.6 is 0 Å². The average molecular weight is 182 g/mol. The van der Waals surface area contributed by atoms with Gasteiger partial charge in [-0.1, -0.05) is 59.3 Å². The SMILES string of the molecule is CCC(C)CC(CC)C1CCCC1. The molecule has 0 N–H and O–H groups in total. The smallest absolute Gasteiger partial charge is 0.0386 e. The summed E-state index contributed by atoms with van der Waals surface area (Å²) < 4.78 is 0. The molecule has 1 fully saturated rings. The van der Waals surface area contributed by atoms with Gasteiger partial charge in [-0.2, -0.15) is 0 Å². The van der Waals surface area contributed by atoms with Crippen LogP contribution in [0.2, 0.25) is 0 Å². The molecule has 0 nitrogen and oxygen atoms in total. The van der Waals surface area contributed by atoms with Crippen molar-refractivity contribution in [2.45, 2.75) is 65.7 Å². The molecule has 0 radical (unpaired) electrons. The van der Waals surface area contributed by atoms with Crippen LogP contribution in [0.25, 0.3) is 0 Å². The van der Waals surface area contributed by atoms with Crippen molar-refractivity contribution in [3.63, 3.8) is 0 Å². The molecule has 0 aromatic carbocycles. The maximum atomic E-state index is 2.41. The van der Waals surface area contributed by atoms with Crippen molar-refractivity contribution in [3.8, 4) is 0 Å². The Morgan fingerprint density at radius 1 is 1.08 bits per heavy atom. The van der Waals surface area contributed by atoms with E-state index < -0.39 is 0 Å². The van der Waals surface area contributed by atoms with Crippen molar-refractivity contribution in [2.75, 3.05) is 0 Å². The van der Waals surface area contributed by atoms with E-state index in [1.54, 1.807) is 0 Å². The van der Waals surface area contributed by atoms with E-state index in [0.29, 0.717) is 0 Å². The first-order valence-corrected chi connectivity index (χ1v) is 6.27. The van der Waals surface area contributed by atoms with E-state index >= 15 is 0 Å². The van der Waals surface area contributed by atoms with Gasteiger partial charge in [0.1, 0.15) is 0 Å². The Labute approximate surface area is 84.1 Å². The lowest BCUT2D eigenvalue weighted by Crippen LogP contribution is -2.14. The van der Waals surface area contributed by atoms with E-state index in [2.05, 4.69) is 20.8 Å². The van der Waals surface area contributed by atoms with Gasteiger partial charge in [-0.3, -0.25) is 0 Å². The molecule has 0 aromatic rings. The predicted octanol–water partition coefficient (Wildman–Crippen LogP) is 4.64. The summed E-state index contributed by atoms with van der Waals surface area (Å²) in [4.78, 5) is 0. The quantitative estimate of drug-likeness (QED) is 0.581. The molecule has 0 heterocycles. The molecule has 2 unspecified atom stereocenters. The molecule has 0 spiro atoms. The van der Waals surface area contributed by atoms with E-state index in [-0.39, 0.29) is 0 Å². The number of hydrogen-bond donors (Lipinski definition) is 0. The first-order valence-electron chi connectivity index (χ1n) is 6.27. The highest BCUT2D eigenvalue weighted by Crippen LogP contribution is 2.36. The molecule has 0 bridgehead atoms. The number of hydrogen-bond acceptors (Lipinski definition) is 0. The normalized spacial score (nSPS) is 23.3. The standard InChI is InChI=1S/C13H26/c1-4-11(3)10-12(5-2)13-8-6-7-9-13/h11-13H,4-10H2,1-3H3. The van der Waals surface area contributed by atoms with Crippen LogP contribution in [0.3, 0.4) is 0 Å². The Morgan fingerprint density at radius 3 is 2.15 bits per heavy atom. The molecule has 1 aliphatic rings. The molecule has 0 aromatic heterocycles. The summed E-state index contributed by atoms with van der Waals surface area (Å²) in [5, 5.41) is 0. The summed E-state index contributed by atoms with van der Waals surface area (Å²) in [7, 11) is 0. The van der Waals surface area contributed by atoms with E-state index in [1.165, 1.54) is 44.9 Å². The van der Waals surface area contributed by atoms with Crippen LogP contribution in [-0.2, 0) is 0 Å². The zero-order valence-electron chi connectivity index (χ0n) is 9.68. The van der Waals surface area contributed by atoms with Gasteiger partial charge in [0.05, 0.1) is 0 Å². The summed E-state index contributed by atoms with van der Waals surface area (Å²) >= 11 is 0. The van der Waals surface area contributed by atoms with Crippen molar-refractivity contribution in [3.05, 3.63) is 0 Å². The lowest BCUT2D eigenvalue weighted by molar-refractivity contribution is 0.266. The van der Waals surface area contributed by atoms with E-state index in [0.717, 1.165) is 17.8 Å². The van der Waals surface area contributed by atoms with Crippen LogP contribution < -0.4 is 0 Å². The minimum absolute atomic E-state index is 0.950. The summed E-state index contributed by atoms with van der Waals surface area (Å²) in [6.45, 7) is 7.12. The Bertz CT molecular complexity index is 122. The third-order valence-corrected chi connectivity index (χ3v) is 3.99. The van der Waals surface area contributed by atoms with E-state index in [9.17, 15) is 0 Å². The Kier molecular flexibility index (Phi) is 4.83. The molecule has 0 saturated heterocycles. The Morgan fingerprint density at radius 2 is 1.69 bits per heavy atom. The molecule has 1 rings (SSSR count). The number of rotatable bonds is 5. The van der Waals surface area contributed by atoms with Crippen molar-refractivity contribution in [1.82, 2.24) is 0 Å². The second kappa shape index (κ2) is 5.67. The van der Waals surface area contributed by atoms with Crippen molar-refractivity contribution in [2.24, 2.45) is 17.8 Å². The molecule has 1 aliphatic carbocycles. The van der Waals surface area contributed by atoms with Crippen LogP contribution in [0.5, 0.6) is 0 Å². The summed E-state index contributed by atoms with van der Waals surface area (Å²) in [5.74, 6) is 3.07. The lowest BCUT2D eigenvalue weighted by Gasteiger charge is -2.24. The van der Waals surface area contributed by atoms with Gasteiger partial charge in [-0.05, 0) is 24.2 Å². The van der Waals surface area contributed by atoms with Gasteiger partial charge >= 0.3 is 0 Å². The average Bonchev–Trinajstić information content (AvgIpc) is 2.66. The molecule has 0 aliphatic heterocycles. The molecular formula is C13H26. The largest absolute Gasteiger partial charge is 0.0651 e. The first-order chi connectivity index (χ1) is 6.27. The Balaban J connectivity index is 2.32. The van der Waals surface area contributed by atoms with Gasteiger partial charge < -0.3 is 0 Å². The van der Waals surface area contributed by atoms with Crippen LogP contribution in [0.4, 0.5) is 0 Å². The minimum atomic E-state index is 0.950. The molecule has 0 heteroatoms. The second-order valence-electron chi connectivity index (χ2n) is 4.96. The Hall–Kier alpha value is 0. The second-order valence-corrected chi connectivity index (χ2v) is 4.96. The highest BCUT2D eigenvalue weighted by atomic mass is 14.3. The highest BCUT2D eigenvalue weighted by Gasteiger charge is 2.24. The third-order valence-electron chi connectivity index (χ3n) is 3.99. The van der Waals surface area contributed by atoms with E-state index in [1.807, 2.05) is 0 Å². The van der Waals surface area contributed by atoms with E-state index in [4.69, 9.17) is 0 Å².